The van der Waals surface area contributed by atoms with E-state index in [4.69, 9.17) is 4.74 Å². The van der Waals surface area contributed by atoms with Crippen LogP contribution in [0.3, 0.4) is 0 Å². The van der Waals surface area contributed by atoms with E-state index in [1.54, 1.807) is 31.5 Å². The van der Waals surface area contributed by atoms with Gasteiger partial charge >= 0.3 is 0 Å². The van der Waals surface area contributed by atoms with Crippen LogP contribution >= 0.6 is 0 Å². The van der Waals surface area contributed by atoms with Gasteiger partial charge in [0.25, 0.3) is 5.91 Å². The van der Waals surface area contributed by atoms with E-state index in [1.165, 1.54) is 10.4 Å². The van der Waals surface area contributed by atoms with E-state index in [0.717, 1.165) is 11.1 Å². The van der Waals surface area contributed by atoms with Gasteiger partial charge in [0, 0.05) is 31.0 Å². The van der Waals surface area contributed by atoms with Gasteiger partial charge in [0.1, 0.15) is 0 Å². The number of hydrogen-bond acceptors (Lipinski definition) is 5. The number of hydrogen-bond donors (Lipinski definition) is 1. The minimum atomic E-state index is -3.72. The quantitative estimate of drug-likeness (QED) is 0.623. The predicted molar refractivity (Wildman–Crippen MR) is 121 cm³/mol. The number of rotatable bonds is 6. The Morgan fingerprint density at radius 3 is 2.34 bits per heavy atom. The zero-order valence-electron chi connectivity index (χ0n) is 17.8. The minimum Gasteiger partial charge on any atom is -0.379 e. The summed E-state index contributed by atoms with van der Waals surface area (Å²) in [6.07, 6.45) is 3.35. The molecule has 1 aliphatic rings. The molecule has 1 aliphatic heterocycles. The topological polar surface area (TPSA) is 88.6 Å². The number of ether oxygens (including phenoxy) is 1. The maximum Gasteiger partial charge on any atom is 0.252 e. The van der Waals surface area contributed by atoms with Gasteiger partial charge in [-0.2, -0.15) is 4.31 Å². The molecule has 0 aliphatic carbocycles. The summed E-state index contributed by atoms with van der Waals surface area (Å²) in [5, 5.41) is 3.05. The highest BCUT2D eigenvalue weighted by molar-refractivity contribution is 7.89. The van der Waals surface area contributed by atoms with Gasteiger partial charge in [-0.3, -0.25) is 9.78 Å². The number of nitrogens with zero attached hydrogens (tertiary/aromatic N) is 2. The normalized spacial score (nSPS) is 15.8. The Morgan fingerprint density at radius 1 is 1.00 bits per heavy atom. The molecule has 1 fully saturated rings. The molecule has 7 nitrogen and oxygen atoms in total. The van der Waals surface area contributed by atoms with Crippen LogP contribution in [0.2, 0.25) is 0 Å². The number of morpholine rings is 1. The first-order chi connectivity index (χ1) is 15.5. The number of carbonyl (C=O) groups excluding carboxylic acids is 1. The van der Waals surface area contributed by atoms with Gasteiger partial charge in [0.05, 0.1) is 24.2 Å². The van der Waals surface area contributed by atoms with Crippen molar-refractivity contribution in [1.82, 2.24) is 14.6 Å². The van der Waals surface area contributed by atoms with Crippen molar-refractivity contribution < 1.29 is 17.9 Å². The highest BCUT2D eigenvalue weighted by atomic mass is 32.2. The molecule has 4 rings (SSSR count). The summed E-state index contributed by atoms with van der Waals surface area (Å²) in [5.74, 6) is -0.353. The molecule has 1 unspecified atom stereocenters. The summed E-state index contributed by atoms with van der Waals surface area (Å²) in [5.41, 5.74) is 2.69. The van der Waals surface area contributed by atoms with Crippen molar-refractivity contribution in [3.63, 3.8) is 0 Å². The standard InChI is InChI=1S/C24H25N3O4S/c1-18-7-8-21(17-22(18)32(29,30)27-13-15-31-16-14-27)24(28)26-23(19-5-3-2-4-6-19)20-9-11-25-12-10-20/h2-12,17,23H,13-16H2,1H3,(H,26,28). The highest BCUT2D eigenvalue weighted by Gasteiger charge is 2.29. The summed E-state index contributed by atoms with van der Waals surface area (Å²) < 4.78 is 33.0. The van der Waals surface area contributed by atoms with Crippen LogP contribution in [-0.2, 0) is 14.8 Å². The first kappa shape index (κ1) is 22.1. The molecule has 0 saturated carbocycles. The Labute approximate surface area is 188 Å². The number of carbonyl (C=O) groups is 1. The summed E-state index contributed by atoms with van der Waals surface area (Å²) in [6.45, 7) is 3.07. The molecule has 1 atom stereocenters. The monoisotopic (exact) mass is 451 g/mol. The maximum absolute atomic E-state index is 13.2. The molecule has 1 saturated heterocycles. The maximum atomic E-state index is 13.2. The number of sulfonamides is 1. The van der Waals surface area contributed by atoms with Crippen molar-refractivity contribution in [3.05, 3.63) is 95.3 Å². The Bertz CT molecular complexity index is 1140. The van der Waals surface area contributed by atoms with E-state index in [1.807, 2.05) is 42.5 Å². The first-order valence-electron chi connectivity index (χ1n) is 10.4. The van der Waals surface area contributed by atoms with E-state index in [2.05, 4.69) is 10.3 Å². The third-order valence-electron chi connectivity index (χ3n) is 5.49. The first-order valence-corrected chi connectivity index (χ1v) is 11.8. The number of amides is 1. The summed E-state index contributed by atoms with van der Waals surface area (Å²) in [4.78, 5) is 17.4. The molecule has 1 N–H and O–H groups in total. The Hall–Kier alpha value is -3.07. The molecule has 8 heteroatoms. The van der Waals surface area contributed by atoms with Crippen LogP contribution in [0.15, 0.2) is 78.0 Å². The van der Waals surface area contributed by atoms with Gasteiger partial charge in [0.2, 0.25) is 10.0 Å². The van der Waals surface area contributed by atoms with Crippen molar-refractivity contribution in [1.29, 1.82) is 0 Å². The van der Waals surface area contributed by atoms with Crippen molar-refractivity contribution >= 4 is 15.9 Å². The number of aromatic nitrogens is 1. The minimum absolute atomic E-state index is 0.146. The summed E-state index contributed by atoms with van der Waals surface area (Å²) in [6, 6.07) is 17.7. The molecule has 32 heavy (non-hydrogen) atoms. The third kappa shape index (κ3) is 4.72. The summed E-state index contributed by atoms with van der Waals surface area (Å²) >= 11 is 0. The van der Waals surface area contributed by atoms with E-state index < -0.39 is 16.1 Å². The molecule has 1 amide bonds. The zero-order chi connectivity index (χ0) is 22.6. The second-order valence-corrected chi connectivity index (χ2v) is 9.50. The average molecular weight is 452 g/mol. The molecule has 2 heterocycles. The smallest absolute Gasteiger partial charge is 0.252 e. The molecule has 3 aromatic rings. The fraction of sp³-hybridized carbons (Fsp3) is 0.250. The Morgan fingerprint density at radius 2 is 1.66 bits per heavy atom. The lowest BCUT2D eigenvalue weighted by atomic mass is 9.99. The fourth-order valence-corrected chi connectivity index (χ4v) is 5.38. The number of aryl methyl sites for hydroxylation is 1. The third-order valence-corrected chi connectivity index (χ3v) is 7.53. The van der Waals surface area contributed by atoms with E-state index in [-0.39, 0.29) is 16.4 Å². The molecule has 2 aromatic carbocycles. The van der Waals surface area contributed by atoms with Crippen LogP contribution < -0.4 is 5.32 Å². The molecular weight excluding hydrogens is 426 g/mol. The average Bonchev–Trinajstić information content (AvgIpc) is 2.84. The van der Waals surface area contributed by atoms with Gasteiger partial charge in [-0.25, -0.2) is 8.42 Å². The van der Waals surface area contributed by atoms with Gasteiger partial charge in [-0.05, 0) is 47.9 Å². The largest absolute Gasteiger partial charge is 0.379 e. The number of pyridine rings is 1. The molecular formula is C24H25N3O4S. The SMILES string of the molecule is Cc1ccc(C(=O)NC(c2ccccc2)c2ccncc2)cc1S(=O)(=O)N1CCOCC1. The molecule has 0 bridgehead atoms. The van der Waals surface area contributed by atoms with Crippen LogP contribution in [0, 0.1) is 6.92 Å². The van der Waals surface area contributed by atoms with Gasteiger partial charge < -0.3 is 10.1 Å². The van der Waals surface area contributed by atoms with E-state index in [9.17, 15) is 13.2 Å². The second kappa shape index (κ2) is 9.60. The second-order valence-electron chi connectivity index (χ2n) is 7.59. The van der Waals surface area contributed by atoms with Gasteiger partial charge in [0.15, 0.2) is 0 Å². The van der Waals surface area contributed by atoms with Crippen molar-refractivity contribution in [2.75, 3.05) is 26.3 Å². The molecule has 0 radical (unpaired) electrons. The lowest BCUT2D eigenvalue weighted by molar-refractivity contribution is 0.0730. The lowest BCUT2D eigenvalue weighted by Crippen LogP contribution is -2.41. The van der Waals surface area contributed by atoms with Crippen LogP contribution in [0.5, 0.6) is 0 Å². The van der Waals surface area contributed by atoms with E-state index in [0.29, 0.717) is 31.9 Å². The van der Waals surface area contributed by atoms with Crippen molar-refractivity contribution in [2.24, 2.45) is 0 Å². The number of nitrogens with one attached hydrogen (secondary N) is 1. The lowest BCUT2D eigenvalue weighted by Gasteiger charge is -2.27. The fourth-order valence-electron chi connectivity index (χ4n) is 3.72. The zero-order valence-corrected chi connectivity index (χ0v) is 18.6. The molecule has 0 spiro atoms. The van der Waals surface area contributed by atoms with Crippen LogP contribution in [0.4, 0.5) is 0 Å². The highest BCUT2D eigenvalue weighted by Crippen LogP contribution is 2.25. The predicted octanol–water partition coefficient (Wildman–Crippen LogP) is 2.93. The number of benzene rings is 2. The van der Waals surface area contributed by atoms with Crippen LogP contribution in [-0.4, -0.2) is 49.9 Å². The van der Waals surface area contributed by atoms with Crippen LogP contribution in [0.1, 0.15) is 33.1 Å². The van der Waals surface area contributed by atoms with Gasteiger partial charge in [-0.15, -0.1) is 0 Å². The molecule has 1 aromatic heterocycles. The summed E-state index contributed by atoms with van der Waals surface area (Å²) in [7, 11) is -3.72. The van der Waals surface area contributed by atoms with Crippen molar-refractivity contribution in [3.8, 4) is 0 Å². The van der Waals surface area contributed by atoms with Gasteiger partial charge in [-0.1, -0.05) is 36.4 Å². The van der Waals surface area contributed by atoms with E-state index >= 15 is 0 Å². The molecule has 166 valence electrons. The van der Waals surface area contributed by atoms with Crippen molar-refractivity contribution in [2.45, 2.75) is 17.9 Å². The van der Waals surface area contributed by atoms with Crippen LogP contribution in [0.25, 0.3) is 0 Å². The Kier molecular flexibility index (Phi) is 6.64. The Balaban J connectivity index is 1.65.